The molecule has 1 aliphatic rings. The summed E-state index contributed by atoms with van der Waals surface area (Å²) in [4.78, 5) is 65.6. The lowest BCUT2D eigenvalue weighted by molar-refractivity contribution is -0.136. The van der Waals surface area contributed by atoms with Gasteiger partial charge in [0.15, 0.2) is 5.13 Å². The van der Waals surface area contributed by atoms with Gasteiger partial charge in [-0.15, -0.1) is 11.3 Å². The summed E-state index contributed by atoms with van der Waals surface area (Å²) >= 11 is 1.07. The molecular weight excluding hydrogens is 606 g/mol. The van der Waals surface area contributed by atoms with Crippen molar-refractivity contribution in [1.29, 1.82) is 0 Å². The predicted octanol–water partition coefficient (Wildman–Crippen LogP) is 3.98. The number of hydrogen-bond donors (Lipinski definition) is 4. The third-order valence-electron chi connectivity index (χ3n) is 7.57. The summed E-state index contributed by atoms with van der Waals surface area (Å²) in [5, 5.41) is 14.6. The van der Waals surface area contributed by atoms with Crippen molar-refractivity contribution in [2.24, 2.45) is 0 Å². The number of thiazole rings is 1. The minimum absolute atomic E-state index is 0.0786. The first-order chi connectivity index (χ1) is 22.2. The zero-order chi connectivity index (χ0) is 32.4. The van der Waals surface area contributed by atoms with Gasteiger partial charge >= 0.3 is 11.7 Å². The largest absolute Gasteiger partial charge is 0.481 e. The molecule has 4 N–H and O–H groups in total. The molecule has 0 aliphatic heterocycles. The normalized spacial score (nSPS) is 13.4. The molecule has 0 saturated carbocycles. The minimum atomic E-state index is -0.990. The second-order valence-electron chi connectivity index (χ2n) is 10.8. The Bertz CT molecular complexity index is 2130. The smallest absolute Gasteiger partial charge is 0.334 e. The van der Waals surface area contributed by atoms with Crippen LogP contribution in [0.3, 0.4) is 0 Å². The zero-order valence-electron chi connectivity index (χ0n) is 24.9. The number of aromatic amines is 1. The highest BCUT2D eigenvalue weighted by atomic mass is 32.1. The number of carbonyl (C=O) groups excluding carboxylic acids is 1. The van der Waals surface area contributed by atoms with Crippen molar-refractivity contribution in [2.75, 3.05) is 17.2 Å². The van der Waals surface area contributed by atoms with Gasteiger partial charge in [0.2, 0.25) is 11.9 Å². The van der Waals surface area contributed by atoms with Crippen LogP contribution in [0.5, 0.6) is 0 Å². The number of aliphatic carboxylic acids is 1. The number of amides is 1. The van der Waals surface area contributed by atoms with E-state index in [4.69, 9.17) is 5.11 Å². The fourth-order valence-electron chi connectivity index (χ4n) is 5.38. The molecule has 1 amide bonds. The van der Waals surface area contributed by atoms with E-state index in [1.807, 2.05) is 25.1 Å². The maximum atomic E-state index is 13.5. The topological polar surface area (TPSA) is 172 Å². The molecule has 1 unspecified atom stereocenters. The SMILES string of the molecule is CCc1ccc2c(c1)C=Cc1cc(C)ccc1C2c1cn(-c2ccnc(NCC(=O)Nc3ncc(CC(=O)O)s3)n2)c(=O)[nH]c1=O. The van der Waals surface area contributed by atoms with E-state index in [1.165, 1.54) is 34.8 Å². The summed E-state index contributed by atoms with van der Waals surface area (Å²) in [7, 11) is 0. The number of aromatic nitrogens is 5. The van der Waals surface area contributed by atoms with E-state index in [-0.39, 0.29) is 29.9 Å². The number of anilines is 2. The van der Waals surface area contributed by atoms with Gasteiger partial charge in [-0.05, 0) is 41.2 Å². The maximum Gasteiger partial charge on any atom is 0.334 e. The van der Waals surface area contributed by atoms with Crippen LogP contribution in [0, 0.1) is 6.92 Å². The molecule has 232 valence electrons. The summed E-state index contributed by atoms with van der Waals surface area (Å²) in [6.07, 6.45) is 9.17. The first kappa shape index (κ1) is 30.3. The molecular formula is C33H29N7O5S. The molecule has 1 aliphatic carbocycles. The van der Waals surface area contributed by atoms with Crippen LogP contribution in [-0.2, 0) is 22.4 Å². The molecule has 13 heteroatoms. The molecule has 0 fully saturated rings. The molecule has 0 radical (unpaired) electrons. The molecule has 3 heterocycles. The number of carboxylic acids is 1. The van der Waals surface area contributed by atoms with Gasteiger partial charge in [-0.1, -0.05) is 61.0 Å². The van der Waals surface area contributed by atoms with Crippen LogP contribution in [-0.4, -0.2) is 48.0 Å². The van der Waals surface area contributed by atoms with Gasteiger partial charge in [-0.25, -0.2) is 14.8 Å². The van der Waals surface area contributed by atoms with Crippen molar-refractivity contribution in [3.05, 3.63) is 126 Å². The number of H-pyrrole nitrogens is 1. The second-order valence-corrected chi connectivity index (χ2v) is 11.9. The lowest BCUT2D eigenvalue weighted by Gasteiger charge is -2.22. The van der Waals surface area contributed by atoms with Crippen LogP contribution >= 0.6 is 11.3 Å². The summed E-state index contributed by atoms with van der Waals surface area (Å²) in [6.45, 7) is 3.89. The lowest BCUT2D eigenvalue weighted by Crippen LogP contribution is -2.33. The van der Waals surface area contributed by atoms with Gasteiger partial charge in [-0.3, -0.25) is 23.9 Å². The van der Waals surface area contributed by atoms with Crippen molar-refractivity contribution < 1.29 is 14.7 Å². The predicted molar refractivity (Wildman–Crippen MR) is 176 cm³/mol. The van der Waals surface area contributed by atoms with Gasteiger partial charge in [0.1, 0.15) is 5.82 Å². The summed E-state index contributed by atoms with van der Waals surface area (Å²) in [5.74, 6) is -1.64. The van der Waals surface area contributed by atoms with Crippen LogP contribution in [0.4, 0.5) is 11.1 Å². The van der Waals surface area contributed by atoms with Crippen molar-refractivity contribution >= 4 is 46.4 Å². The minimum Gasteiger partial charge on any atom is -0.481 e. The summed E-state index contributed by atoms with van der Waals surface area (Å²) in [6, 6.07) is 13.9. The average Bonchev–Trinajstić information content (AvgIpc) is 3.39. The van der Waals surface area contributed by atoms with Gasteiger partial charge < -0.3 is 15.7 Å². The van der Waals surface area contributed by atoms with Crippen molar-refractivity contribution in [2.45, 2.75) is 32.6 Å². The van der Waals surface area contributed by atoms with E-state index in [9.17, 15) is 19.2 Å². The number of hydrogen-bond acceptors (Lipinski definition) is 9. The molecule has 0 saturated heterocycles. The van der Waals surface area contributed by atoms with E-state index in [2.05, 4.69) is 67.8 Å². The number of fused-ring (bicyclic) bond motifs is 2. The molecule has 0 spiro atoms. The fraction of sp³-hybridized carbons (Fsp3) is 0.182. The Morgan fingerprint density at radius 1 is 1.02 bits per heavy atom. The molecule has 0 bridgehead atoms. The van der Waals surface area contributed by atoms with Crippen molar-refractivity contribution in [3.63, 3.8) is 0 Å². The third kappa shape index (κ3) is 6.40. The van der Waals surface area contributed by atoms with Gasteiger partial charge in [0.25, 0.3) is 5.56 Å². The number of aryl methyl sites for hydroxylation is 2. The Labute approximate surface area is 266 Å². The third-order valence-corrected chi connectivity index (χ3v) is 8.48. The number of nitrogens with one attached hydrogen (secondary N) is 3. The Morgan fingerprint density at radius 2 is 1.78 bits per heavy atom. The van der Waals surface area contributed by atoms with E-state index in [0.717, 1.165) is 45.6 Å². The number of carboxylic acid groups (broad SMARTS) is 1. The van der Waals surface area contributed by atoms with Crippen LogP contribution in [0.2, 0.25) is 0 Å². The monoisotopic (exact) mass is 635 g/mol. The highest BCUT2D eigenvalue weighted by Gasteiger charge is 2.27. The highest BCUT2D eigenvalue weighted by Crippen LogP contribution is 2.38. The van der Waals surface area contributed by atoms with E-state index in [0.29, 0.717) is 10.4 Å². The number of carbonyl (C=O) groups is 2. The Kier molecular flexibility index (Phi) is 8.40. The first-order valence-corrected chi connectivity index (χ1v) is 15.3. The van der Waals surface area contributed by atoms with Crippen molar-refractivity contribution in [3.8, 4) is 5.82 Å². The van der Waals surface area contributed by atoms with E-state index >= 15 is 0 Å². The highest BCUT2D eigenvalue weighted by molar-refractivity contribution is 7.15. The summed E-state index contributed by atoms with van der Waals surface area (Å²) < 4.78 is 1.26. The lowest BCUT2D eigenvalue weighted by atomic mass is 9.82. The van der Waals surface area contributed by atoms with Crippen LogP contribution < -0.4 is 21.9 Å². The Hall–Kier alpha value is -5.69. The number of benzene rings is 2. The molecule has 3 aromatic heterocycles. The fourth-order valence-corrected chi connectivity index (χ4v) is 6.20. The van der Waals surface area contributed by atoms with Crippen LogP contribution in [0.1, 0.15) is 56.7 Å². The standard InChI is InChI=1S/C33H29N7O5S/c1-3-19-5-9-24-21(13-19)7-6-20-12-18(2)4-8-23(20)29(24)25-17-40(33(45)39-30(25)44)26-10-11-34-31(37-26)35-16-27(41)38-32-36-15-22(46-32)14-28(42)43/h4-13,15,17,29H,3,14,16H2,1-2H3,(H,42,43)(H,34,35,37)(H,36,38,41)(H,39,44,45). The van der Waals surface area contributed by atoms with E-state index in [1.54, 1.807) is 0 Å². The van der Waals surface area contributed by atoms with E-state index < -0.39 is 29.0 Å². The van der Waals surface area contributed by atoms with Gasteiger partial charge in [0, 0.05) is 41.0 Å². The van der Waals surface area contributed by atoms with Crippen LogP contribution in [0.15, 0.2) is 70.6 Å². The van der Waals surface area contributed by atoms with Crippen LogP contribution in [0.25, 0.3) is 18.0 Å². The maximum absolute atomic E-state index is 13.5. The molecule has 6 rings (SSSR count). The number of nitrogens with zero attached hydrogens (tertiary/aromatic N) is 4. The van der Waals surface area contributed by atoms with Crippen molar-refractivity contribution in [1.82, 2.24) is 24.5 Å². The Morgan fingerprint density at radius 3 is 2.54 bits per heavy atom. The zero-order valence-corrected chi connectivity index (χ0v) is 25.7. The van der Waals surface area contributed by atoms with Gasteiger partial charge in [-0.2, -0.15) is 4.98 Å². The quantitative estimate of drug-likeness (QED) is 0.183. The average molecular weight is 636 g/mol. The Balaban J connectivity index is 1.31. The molecule has 1 atom stereocenters. The molecule has 12 nitrogen and oxygen atoms in total. The molecule has 5 aromatic rings. The number of rotatable bonds is 9. The molecule has 46 heavy (non-hydrogen) atoms. The molecule has 2 aromatic carbocycles. The van der Waals surface area contributed by atoms with Gasteiger partial charge in [0.05, 0.1) is 13.0 Å². The summed E-state index contributed by atoms with van der Waals surface area (Å²) in [5.41, 5.74) is 5.33. The first-order valence-electron chi connectivity index (χ1n) is 14.5. The second kappa shape index (κ2) is 12.7.